The zero-order chi connectivity index (χ0) is 11.7. The number of hydrogen-bond donors (Lipinski definition) is 2. The molecule has 4 nitrogen and oxygen atoms in total. The first kappa shape index (κ1) is 14.4. The number of hydrogen-bond acceptors (Lipinski definition) is 3. The summed E-state index contributed by atoms with van der Waals surface area (Å²) in [5, 5.41) is 2.96. The van der Waals surface area contributed by atoms with E-state index < -0.39 is 0 Å². The molecule has 0 aliphatic heterocycles. The second-order valence-electron chi connectivity index (χ2n) is 4.05. The topological polar surface area (TPSA) is 64.3 Å². The summed E-state index contributed by atoms with van der Waals surface area (Å²) in [7, 11) is 0. The molecule has 1 unspecified atom stereocenters. The highest BCUT2D eigenvalue weighted by Crippen LogP contribution is 2.12. The fourth-order valence-corrected chi connectivity index (χ4v) is 1.33. The lowest BCUT2D eigenvalue weighted by Gasteiger charge is -2.29. The molecule has 0 radical (unpaired) electrons. The molecule has 0 fully saturated rings. The van der Waals surface area contributed by atoms with Gasteiger partial charge in [0.15, 0.2) is 0 Å². The van der Waals surface area contributed by atoms with Crippen LogP contribution in [0.2, 0.25) is 0 Å². The van der Waals surface area contributed by atoms with Crippen molar-refractivity contribution in [2.75, 3.05) is 19.8 Å². The summed E-state index contributed by atoms with van der Waals surface area (Å²) in [6, 6.07) is 0. The third-order valence-electron chi connectivity index (χ3n) is 2.50. The van der Waals surface area contributed by atoms with Crippen molar-refractivity contribution in [2.45, 2.75) is 45.6 Å². The summed E-state index contributed by atoms with van der Waals surface area (Å²) in [6.07, 6.45) is 2.61. The number of ether oxygens (including phenoxy) is 1. The van der Waals surface area contributed by atoms with E-state index >= 15 is 0 Å². The fraction of sp³-hybridized carbons (Fsp3) is 0.909. The highest BCUT2D eigenvalue weighted by Gasteiger charge is 2.22. The predicted molar refractivity (Wildman–Crippen MR) is 61.6 cm³/mol. The first-order valence-electron chi connectivity index (χ1n) is 5.66. The standard InChI is InChI=1S/C11H24N2O2/c1-4-8-15-9-10(14)13-11(3,5-2)6-7-12/h4-9,12H2,1-3H3,(H,13,14). The van der Waals surface area contributed by atoms with E-state index in [0.717, 1.165) is 19.3 Å². The van der Waals surface area contributed by atoms with Crippen molar-refractivity contribution in [3.63, 3.8) is 0 Å². The van der Waals surface area contributed by atoms with Gasteiger partial charge in [-0.2, -0.15) is 0 Å². The maximum atomic E-state index is 11.5. The third-order valence-corrected chi connectivity index (χ3v) is 2.50. The SMILES string of the molecule is CCCOCC(=O)NC(C)(CC)CCN. The van der Waals surface area contributed by atoms with Crippen LogP contribution in [0, 0.1) is 0 Å². The number of carbonyl (C=O) groups is 1. The third kappa shape index (κ3) is 6.47. The van der Waals surface area contributed by atoms with Crippen LogP contribution in [0.1, 0.15) is 40.0 Å². The van der Waals surface area contributed by atoms with Gasteiger partial charge in [0.05, 0.1) is 0 Å². The number of amides is 1. The Bertz CT molecular complexity index is 185. The molecule has 0 heterocycles. The van der Waals surface area contributed by atoms with Crippen LogP contribution in [0.15, 0.2) is 0 Å². The van der Waals surface area contributed by atoms with E-state index in [2.05, 4.69) is 5.32 Å². The lowest BCUT2D eigenvalue weighted by atomic mass is 9.94. The predicted octanol–water partition coefficient (Wildman–Crippen LogP) is 1.05. The second kappa shape index (κ2) is 7.65. The van der Waals surface area contributed by atoms with E-state index in [1.807, 2.05) is 20.8 Å². The Balaban J connectivity index is 3.90. The quantitative estimate of drug-likeness (QED) is 0.596. The van der Waals surface area contributed by atoms with Crippen LogP contribution >= 0.6 is 0 Å². The van der Waals surface area contributed by atoms with Crippen molar-refractivity contribution in [1.82, 2.24) is 5.32 Å². The van der Waals surface area contributed by atoms with Gasteiger partial charge < -0.3 is 15.8 Å². The molecule has 1 atom stereocenters. The average Bonchev–Trinajstić information content (AvgIpc) is 2.18. The molecule has 0 bridgehead atoms. The van der Waals surface area contributed by atoms with Gasteiger partial charge in [0.1, 0.15) is 6.61 Å². The molecular formula is C11H24N2O2. The minimum absolute atomic E-state index is 0.0544. The van der Waals surface area contributed by atoms with Crippen LogP contribution in [-0.2, 0) is 9.53 Å². The van der Waals surface area contributed by atoms with E-state index in [1.54, 1.807) is 0 Å². The van der Waals surface area contributed by atoms with Gasteiger partial charge in [-0.25, -0.2) is 0 Å². The Labute approximate surface area is 92.6 Å². The number of nitrogens with one attached hydrogen (secondary N) is 1. The Morgan fingerprint density at radius 1 is 1.47 bits per heavy atom. The van der Waals surface area contributed by atoms with Gasteiger partial charge in [0.25, 0.3) is 0 Å². The van der Waals surface area contributed by atoms with Gasteiger partial charge in [0.2, 0.25) is 5.91 Å². The lowest BCUT2D eigenvalue weighted by Crippen LogP contribution is -2.48. The molecule has 0 aromatic heterocycles. The van der Waals surface area contributed by atoms with Crippen LogP contribution in [0.5, 0.6) is 0 Å². The van der Waals surface area contributed by atoms with Crippen LogP contribution in [-0.4, -0.2) is 31.2 Å². The summed E-state index contributed by atoms with van der Waals surface area (Å²) in [6.45, 7) is 7.44. The zero-order valence-corrected chi connectivity index (χ0v) is 10.1. The van der Waals surface area contributed by atoms with Crippen molar-refractivity contribution in [3.05, 3.63) is 0 Å². The second-order valence-corrected chi connectivity index (χ2v) is 4.05. The minimum Gasteiger partial charge on any atom is -0.372 e. The summed E-state index contributed by atoms with van der Waals surface area (Å²) in [5.41, 5.74) is 5.31. The molecule has 90 valence electrons. The minimum atomic E-state index is -0.193. The van der Waals surface area contributed by atoms with Gasteiger partial charge in [-0.05, 0) is 32.7 Å². The molecule has 0 spiro atoms. The molecule has 0 aromatic carbocycles. The van der Waals surface area contributed by atoms with E-state index in [0.29, 0.717) is 13.2 Å². The molecule has 3 N–H and O–H groups in total. The lowest BCUT2D eigenvalue weighted by molar-refractivity contribution is -0.127. The molecule has 1 amide bonds. The maximum Gasteiger partial charge on any atom is 0.246 e. The van der Waals surface area contributed by atoms with Crippen LogP contribution in [0.25, 0.3) is 0 Å². The number of carbonyl (C=O) groups excluding carboxylic acids is 1. The highest BCUT2D eigenvalue weighted by molar-refractivity contribution is 5.78. The molecular weight excluding hydrogens is 192 g/mol. The molecule has 0 aliphatic rings. The normalized spacial score (nSPS) is 14.7. The van der Waals surface area contributed by atoms with E-state index in [4.69, 9.17) is 10.5 Å². The Hall–Kier alpha value is -0.610. The molecule has 0 saturated carbocycles. The fourth-order valence-electron chi connectivity index (χ4n) is 1.33. The first-order valence-corrected chi connectivity index (χ1v) is 5.66. The van der Waals surface area contributed by atoms with Crippen molar-refractivity contribution < 1.29 is 9.53 Å². The molecule has 0 aromatic rings. The number of rotatable bonds is 8. The van der Waals surface area contributed by atoms with Gasteiger partial charge in [-0.3, -0.25) is 4.79 Å². The van der Waals surface area contributed by atoms with Crippen molar-refractivity contribution in [1.29, 1.82) is 0 Å². The van der Waals surface area contributed by atoms with Crippen LogP contribution in [0.4, 0.5) is 0 Å². The molecule has 0 rings (SSSR count). The maximum absolute atomic E-state index is 11.5. The van der Waals surface area contributed by atoms with E-state index in [-0.39, 0.29) is 18.1 Å². The van der Waals surface area contributed by atoms with Crippen molar-refractivity contribution in [3.8, 4) is 0 Å². The monoisotopic (exact) mass is 216 g/mol. The largest absolute Gasteiger partial charge is 0.372 e. The Morgan fingerprint density at radius 2 is 2.13 bits per heavy atom. The van der Waals surface area contributed by atoms with Gasteiger partial charge >= 0.3 is 0 Å². The van der Waals surface area contributed by atoms with E-state index in [1.165, 1.54) is 0 Å². The van der Waals surface area contributed by atoms with Crippen molar-refractivity contribution >= 4 is 5.91 Å². The molecule has 15 heavy (non-hydrogen) atoms. The van der Waals surface area contributed by atoms with Crippen LogP contribution < -0.4 is 11.1 Å². The number of nitrogens with two attached hydrogens (primary N) is 1. The Morgan fingerprint density at radius 3 is 2.60 bits per heavy atom. The summed E-state index contributed by atoms with van der Waals surface area (Å²) in [5.74, 6) is -0.0544. The van der Waals surface area contributed by atoms with E-state index in [9.17, 15) is 4.79 Å². The summed E-state index contributed by atoms with van der Waals surface area (Å²) >= 11 is 0. The molecule has 0 aliphatic carbocycles. The molecule has 0 saturated heterocycles. The smallest absolute Gasteiger partial charge is 0.246 e. The summed E-state index contributed by atoms with van der Waals surface area (Å²) in [4.78, 5) is 11.5. The molecule has 4 heteroatoms. The zero-order valence-electron chi connectivity index (χ0n) is 10.1. The summed E-state index contributed by atoms with van der Waals surface area (Å²) < 4.78 is 5.17. The van der Waals surface area contributed by atoms with Crippen LogP contribution in [0.3, 0.4) is 0 Å². The Kier molecular flexibility index (Phi) is 7.34. The first-order chi connectivity index (χ1) is 7.08. The van der Waals surface area contributed by atoms with Gasteiger partial charge in [-0.1, -0.05) is 13.8 Å². The van der Waals surface area contributed by atoms with Gasteiger partial charge in [0, 0.05) is 12.1 Å². The van der Waals surface area contributed by atoms with Gasteiger partial charge in [-0.15, -0.1) is 0 Å². The van der Waals surface area contributed by atoms with Crippen molar-refractivity contribution in [2.24, 2.45) is 5.73 Å². The average molecular weight is 216 g/mol. The highest BCUT2D eigenvalue weighted by atomic mass is 16.5.